The van der Waals surface area contributed by atoms with E-state index in [1.165, 1.54) is 0 Å². The molecule has 0 aromatic carbocycles. The highest BCUT2D eigenvalue weighted by atomic mass is 32.2. The van der Waals surface area contributed by atoms with Gasteiger partial charge in [0.25, 0.3) is 0 Å². The zero-order valence-corrected chi connectivity index (χ0v) is 15.7. The van der Waals surface area contributed by atoms with Crippen molar-refractivity contribution in [1.82, 2.24) is 0 Å². The molecule has 0 radical (unpaired) electrons. The van der Waals surface area contributed by atoms with E-state index in [9.17, 15) is 8.42 Å². The average molecular weight is 358 g/mol. The first kappa shape index (κ1) is 22.7. The molecule has 0 aliphatic carbocycles. The molecule has 0 saturated carbocycles. The Hall–Kier alpha value is -0.290. The second-order valence-electron chi connectivity index (χ2n) is 4.10. The number of rotatable bonds is 14. The van der Waals surface area contributed by atoms with Gasteiger partial charge < -0.3 is 28.4 Å². The van der Waals surface area contributed by atoms with Crippen LogP contribution in [0, 0.1) is 0 Å². The molecule has 0 aromatic heterocycles. The molecule has 0 spiro atoms. The van der Waals surface area contributed by atoms with Crippen molar-refractivity contribution in [3.63, 3.8) is 0 Å². The van der Waals surface area contributed by atoms with Gasteiger partial charge in [0.05, 0.1) is 39.6 Å². The van der Waals surface area contributed by atoms with Gasteiger partial charge in [-0.3, -0.25) is 0 Å². The molecule has 0 aliphatic rings. The van der Waals surface area contributed by atoms with Crippen LogP contribution in [-0.4, -0.2) is 58.7 Å². The molecule has 0 aliphatic heterocycles. The standard InChI is InChI=1S/C14H30O8S/c1-7-17-13(18-8-2,19-9-3)23(15,16)14(20-10-4,21-11-5)22-12-6/h7-12H2,1-6H3. The van der Waals surface area contributed by atoms with E-state index in [2.05, 4.69) is 0 Å². The molecule has 23 heavy (non-hydrogen) atoms. The van der Waals surface area contributed by atoms with Crippen molar-refractivity contribution in [3.05, 3.63) is 0 Å². The maximum atomic E-state index is 13.3. The predicted molar refractivity (Wildman–Crippen MR) is 84.1 cm³/mol. The molecule has 0 rings (SSSR count). The molecule has 0 saturated heterocycles. The fraction of sp³-hybridized carbons (Fsp3) is 1.00. The molecule has 140 valence electrons. The van der Waals surface area contributed by atoms with Gasteiger partial charge in [-0.2, -0.15) is 0 Å². The van der Waals surface area contributed by atoms with E-state index < -0.39 is 20.4 Å². The first-order valence-corrected chi connectivity index (χ1v) is 9.42. The van der Waals surface area contributed by atoms with Crippen molar-refractivity contribution in [2.45, 2.75) is 52.2 Å². The Morgan fingerprint density at radius 1 is 0.522 bits per heavy atom. The fourth-order valence-corrected chi connectivity index (χ4v) is 3.87. The molecule has 0 amide bonds. The van der Waals surface area contributed by atoms with E-state index >= 15 is 0 Å². The zero-order valence-electron chi connectivity index (χ0n) is 14.9. The summed E-state index contributed by atoms with van der Waals surface area (Å²) in [6.45, 7) is 10.0. The lowest BCUT2D eigenvalue weighted by Crippen LogP contribution is -2.60. The van der Waals surface area contributed by atoms with E-state index in [1.54, 1.807) is 41.5 Å². The topological polar surface area (TPSA) is 89.5 Å². The molecule has 0 bridgehead atoms. The maximum absolute atomic E-state index is 13.3. The number of hydrogen-bond donors (Lipinski definition) is 0. The Morgan fingerprint density at radius 2 is 0.696 bits per heavy atom. The Labute approximate surface area is 139 Å². The van der Waals surface area contributed by atoms with Gasteiger partial charge in [-0.05, 0) is 41.5 Å². The molecule has 9 heteroatoms. The second kappa shape index (κ2) is 10.5. The van der Waals surface area contributed by atoms with Crippen LogP contribution in [0.3, 0.4) is 0 Å². The summed E-state index contributed by atoms with van der Waals surface area (Å²) in [6, 6.07) is 0. The van der Waals surface area contributed by atoms with Crippen LogP contribution in [0.2, 0.25) is 0 Å². The molecule has 0 atom stereocenters. The molecule has 8 nitrogen and oxygen atoms in total. The lowest BCUT2D eigenvalue weighted by atomic mass is 10.8. The summed E-state index contributed by atoms with van der Waals surface area (Å²) < 4.78 is 58.6. The lowest BCUT2D eigenvalue weighted by Gasteiger charge is -2.39. The van der Waals surface area contributed by atoms with Crippen molar-refractivity contribution in [2.75, 3.05) is 39.6 Å². The van der Waals surface area contributed by atoms with Crippen molar-refractivity contribution in [1.29, 1.82) is 0 Å². The Morgan fingerprint density at radius 3 is 0.826 bits per heavy atom. The van der Waals surface area contributed by atoms with Gasteiger partial charge in [-0.1, -0.05) is 0 Å². The molecule has 0 fully saturated rings. The summed E-state index contributed by atoms with van der Waals surface area (Å²) in [4.78, 5) is 0. The summed E-state index contributed by atoms with van der Waals surface area (Å²) in [5.74, 6) is 0. The second-order valence-corrected chi connectivity index (χ2v) is 6.11. The van der Waals surface area contributed by atoms with Crippen LogP contribution in [-0.2, 0) is 38.3 Å². The SMILES string of the molecule is CCOC(OCC)(OCC)S(=O)(=O)C(OCC)(OCC)OCC. The third kappa shape index (κ3) is 4.85. The van der Waals surface area contributed by atoms with Gasteiger partial charge in [0.2, 0.25) is 0 Å². The van der Waals surface area contributed by atoms with Crippen molar-refractivity contribution in [2.24, 2.45) is 0 Å². The van der Waals surface area contributed by atoms with Crippen molar-refractivity contribution >= 4 is 9.84 Å². The summed E-state index contributed by atoms with van der Waals surface area (Å²) in [7, 11) is -4.49. The normalized spacial score (nSPS) is 13.5. The summed E-state index contributed by atoms with van der Waals surface area (Å²) >= 11 is 0. The van der Waals surface area contributed by atoms with E-state index in [0.29, 0.717) is 0 Å². The first-order valence-electron chi connectivity index (χ1n) is 7.94. The number of sulfone groups is 1. The van der Waals surface area contributed by atoms with Crippen LogP contribution >= 0.6 is 0 Å². The van der Waals surface area contributed by atoms with E-state index in [-0.39, 0.29) is 39.6 Å². The zero-order chi connectivity index (χ0) is 18.0. The quantitative estimate of drug-likeness (QED) is 0.435. The molecule has 0 unspecified atom stereocenters. The Bertz CT molecular complexity index is 343. The first-order chi connectivity index (χ1) is 10.9. The minimum atomic E-state index is -4.49. The molecular formula is C14H30O8S. The van der Waals surface area contributed by atoms with Gasteiger partial charge in [-0.25, -0.2) is 8.42 Å². The van der Waals surface area contributed by atoms with Crippen LogP contribution < -0.4 is 0 Å². The van der Waals surface area contributed by atoms with Crippen molar-refractivity contribution in [3.8, 4) is 0 Å². The molecule has 0 N–H and O–H groups in total. The van der Waals surface area contributed by atoms with Gasteiger partial charge in [0, 0.05) is 0 Å². The fourth-order valence-electron chi connectivity index (χ4n) is 1.93. The van der Waals surface area contributed by atoms with E-state index in [1.807, 2.05) is 0 Å². The highest BCUT2D eigenvalue weighted by molar-refractivity contribution is 7.93. The van der Waals surface area contributed by atoms with Gasteiger partial charge in [-0.15, -0.1) is 0 Å². The minimum absolute atomic E-state index is 0.0414. The Kier molecular flexibility index (Phi) is 10.4. The maximum Gasteiger partial charge on any atom is 0.401 e. The molecular weight excluding hydrogens is 328 g/mol. The van der Waals surface area contributed by atoms with Crippen LogP contribution in [0.25, 0.3) is 0 Å². The van der Waals surface area contributed by atoms with Gasteiger partial charge in [0.15, 0.2) is 0 Å². The lowest BCUT2D eigenvalue weighted by molar-refractivity contribution is -0.351. The monoisotopic (exact) mass is 358 g/mol. The third-order valence-electron chi connectivity index (χ3n) is 2.58. The molecule has 0 heterocycles. The van der Waals surface area contributed by atoms with Gasteiger partial charge in [0.1, 0.15) is 0 Å². The Balaban J connectivity index is 6.18. The van der Waals surface area contributed by atoms with E-state index in [0.717, 1.165) is 0 Å². The summed E-state index contributed by atoms with van der Waals surface area (Å²) in [5, 5.41) is -4.74. The average Bonchev–Trinajstić information content (AvgIpc) is 2.48. The highest BCUT2D eigenvalue weighted by Gasteiger charge is 2.64. The smallest absolute Gasteiger partial charge is 0.315 e. The number of ether oxygens (including phenoxy) is 6. The van der Waals surface area contributed by atoms with Crippen LogP contribution in [0.15, 0.2) is 0 Å². The minimum Gasteiger partial charge on any atom is -0.315 e. The molecule has 0 aromatic rings. The predicted octanol–water partition coefficient (Wildman–Crippen LogP) is 1.84. The largest absolute Gasteiger partial charge is 0.401 e. The third-order valence-corrected chi connectivity index (χ3v) is 4.61. The van der Waals surface area contributed by atoms with Crippen LogP contribution in [0.4, 0.5) is 0 Å². The van der Waals surface area contributed by atoms with Gasteiger partial charge >= 0.3 is 20.4 Å². The number of hydrogen-bond acceptors (Lipinski definition) is 8. The van der Waals surface area contributed by atoms with Crippen LogP contribution in [0.5, 0.6) is 0 Å². The summed E-state index contributed by atoms with van der Waals surface area (Å²) in [5.41, 5.74) is 0. The van der Waals surface area contributed by atoms with E-state index in [4.69, 9.17) is 28.4 Å². The van der Waals surface area contributed by atoms with Crippen LogP contribution in [0.1, 0.15) is 41.5 Å². The van der Waals surface area contributed by atoms with Crippen molar-refractivity contribution < 1.29 is 36.8 Å². The summed E-state index contributed by atoms with van der Waals surface area (Å²) in [6.07, 6.45) is 0. The highest BCUT2D eigenvalue weighted by Crippen LogP contribution is 2.36.